The number of carbonyl (C=O) groups excluding carboxylic acids is 1. The summed E-state index contributed by atoms with van der Waals surface area (Å²) in [7, 11) is 6.36. The number of aromatic nitrogens is 1. The second-order valence-corrected chi connectivity index (χ2v) is 12.2. The van der Waals surface area contributed by atoms with Gasteiger partial charge in [0, 0.05) is 24.0 Å². The Labute approximate surface area is 216 Å². The second kappa shape index (κ2) is 8.15. The molecule has 200 valence electrons. The Kier molecular flexibility index (Phi) is 5.60. The van der Waals surface area contributed by atoms with E-state index in [1.54, 1.807) is 12.1 Å². The van der Waals surface area contributed by atoms with Crippen molar-refractivity contribution in [2.75, 3.05) is 33.0 Å². The van der Waals surface area contributed by atoms with Crippen LogP contribution in [0.15, 0.2) is 36.4 Å². The summed E-state index contributed by atoms with van der Waals surface area (Å²) in [6.07, 6.45) is -2.69. The van der Waals surface area contributed by atoms with Crippen molar-refractivity contribution in [2.45, 2.75) is 57.3 Å². The molecule has 0 spiro atoms. The van der Waals surface area contributed by atoms with E-state index >= 15 is 4.39 Å². The summed E-state index contributed by atoms with van der Waals surface area (Å²) >= 11 is 0. The number of anilines is 1. The van der Waals surface area contributed by atoms with Crippen molar-refractivity contribution >= 4 is 22.5 Å². The third-order valence-electron chi connectivity index (χ3n) is 7.14. The highest BCUT2D eigenvalue weighted by molar-refractivity contribution is 6.02. The first-order valence-corrected chi connectivity index (χ1v) is 12.4. The molecule has 2 aromatic carbocycles. The van der Waals surface area contributed by atoms with Crippen LogP contribution >= 0.6 is 0 Å². The summed E-state index contributed by atoms with van der Waals surface area (Å²) in [4.78, 5) is 13.4. The minimum absolute atomic E-state index is 0. The normalized spacial score (nSPS) is 17.8. The summed E-state index contributed by atoms with van der Waals surface area (Å²) < 4.78 is 54.2. The zero-order chi connectivity index (χ0) is 27.0. The SMILES string of the molecule is CC(C)(C)c1cc2cc(NC(=O)C3(c4ccc5c(c4)OC(F)(F)O5)CC3)c(F)cc2n1CC[N+](C)(C)C.[HH]. The van der Waals surface area contributed by atoms with Crippen LogP contribution in [-0.4, -0.2) is 48.9 Å². The van der Waals surface area contributed by atoms with E-state index in [0.29, 0.717) is 18.4 Å². The second-order valence-electron chi connectivity index (χ2n) is 12.2. The van der Waals surface area contributed by atoms with E-state index < -0.39 is 17.5 Å². The molecule has 1 amide bonds. The van der Waals surface area contributed by atoms with Gasteiger partial charge in [-0.2, -0.15) is 0 Å². The third-order valence-corrected chi connectivity index (χ3v) is 7.14. The molecule has 1 saturated carbocycles. The number of likely N-dealkylation sites (N-methyl/N-ethyl adjacent to an activating group) is 1. The summed E-state index contributed by atoms with van der Waals surface area (Å²) in [6, 6.07) is 9.59. The Hall–Kier alpha value is -3.20. The maximum Gasteiger partial charge on any atom is 0.586 e. The number of nitrogens with zero attached hydrogens (tertiary/aromatic N) is 2. The monoisotopic (exact) mass is 518 g/mol. The quantitative estimate of drug-likeness (QED) is 0.406. The van der Waals surface area contributed by atoms with E-state index in [0.717, 1.165) is 34.2 Å². The highest BCUT2D eigenvalue weighted by atomic mass is 19.3. The average Bonchev–Trinajstić information content (AvgIpc) is 3.40. The summed E-state index contributed by atoms with van der Waals surface area (Å²) in [5.41, 5.74) is 1.43. The number of amides is 1. The van der Waals surface area contributed by atoms with Crippen LogP contribution in [0.4, 0.5) is 18.9 Å². The van der Waals surface area contributed by atoms with Crippen molar-refractivity contribution in [3.63, 3.8) is 0 Å². The largest absolute Gasteiger partial charge is 0.586 e. The lowest BCUT2D eigenvalue weighted by atomic mass is 9.92. The zero-order valence-electron chi connectivity index (χ0n) is 22.0. The molecule has 1 aliphatic heterocycles. The molecule has 2 aliphatic rings. The fourth-order valence-corrected chi connectivity index (χ4v) is 4.90. The number of rotatable bonds is 6. The van der Waals surface area contributed by atoms with E-state index in [2.05, 4.69) is 67.3 Å². The van der Waals surface area contributed by atoms with E-state index in [1.807, 2.05) is 0 Å². The summed E-state index contributed by atoms with van der Waals surface area (Å²) in [5.74, 6) is -1.09. The lowest BCUT2D eigenvalue weighted by Crippen LogP contribution is -2.38. The molecule has 37 heavy (non-hydrogen) atoms. The molecule has 6 nitrogen and oxygen atoms in total. The molecule has 9 heteroatoms. The molecule has 0 atom stereocenters. The molecule has 0 radical (unpaired) electrons. The van der Waals surface area contributed by atoms with Crippen LogP contribution in [0.5, 0.6) is 11.5 Å². The standard InChI is InChI=1S/C28H32F3N3O3.H2/c1-26(2,3)24-14-17-13-20(19(29)16-21(17)33(24)11-12-34(4,5)6)32-25(35)27(9-10-27)18-7-8-22-23(15-18)37-28(30,31)36-22;/h7-8,13-16H,9-12H2,1-6H3;1H/p+1. The molecule has 0 unspecified atom stereocenters. The van der Waals surface area contributed by atoms with Crippen LogP contribution in [0, 0.1) is 5.82 Å². The predicted molar refractivity (Wildman–Crippen MR) is 138 cm³/mol. The van der Waals surface area contributed by atoms with Gasteiger partial charge in [-0.15, -0.1) is 8.78 Å². The van der Waals surface area contributed by atoms with Gasteiger partial charge in [0.05, 0.1) is 50.9 Å². The van der Waals surface area contributed by atoms with Crippen molar-refractivity contribution in [1.82, 2.24) is 4.57 Å². The summed E-state index contributed by atoms with van der Waals surface area (Å²) in [5, 5.41) is 3.61. The minimum Gasteiger partial charge on any atom is -0.395 e. The van der Waals surface area contributed by atoms with Gasteiger partial charge in [0.2, 0.25) is 5.91 Å². The smallest absolute Gasteiger partial charge is 0.395 e. The van der Waals surface area contributed by atoms with E-state index in [1.165, 1.54) is 18.2 Å². The molecule has 1 aliphatic carbocycles. The Morgan fingerprint density at radius 2 is 1.76 bits per heavy atom. The number of halogens is 3. The van der Waals surface area contributed by atoms with Crippen LogP contribution in [0.25, 0.3) is 10.9 Å². The molecule has 1 N–H and O–H groups in total. The van der Waals surface area contributed by atoms with Gasteiger partial charge in [-0.1, -0.05) is 26.8 Å². The van der Waals surface area contributed by atoms with Gasteiger partial charge < -0.3 is 23.8 Å². The topological polar surface area (TPSA) is 52.5 Å². The maximum absolute atomic E-state index is 15.4. The summed E-state index contributed by atoms with van der Waals surface area (Å²) in [6.45, 7) is 7.98. The molecule has 1 aromatic heterocycles. The zero-order valence-corrected chi connectivity index (χ0v) is 22.0. The number of nitrogens with one attached hydrogen (secondary N) is 1. The van der Waals surface area contributed by atoms with Crippen molar-refractivity contribution in [3.05, 3.63) is 53.5 Å². The number of fused-ring (bicyclic) bond motifs is 2. The molecule has 0 bridgehead atoms. The maximum atomic E-state index is 15.4. The Morgan fingerprint density at radius 3 is 2.38 bits per heavy atom. The van der Waals surface area contributed by atoms with Gasteiger partial charge in [-0.3, -0.25) is 4.79 Å². The first kappa shape index (κ1) is 25.4. The van der Waals surface area contributed by atoms with Gasteiger partial charge >= 0.3 is 6.29 Å². The number of carbonyl (C=O) groups is 1. The highest BCUT2D eigenvalue weighted by Crippen LogP contribution is 2.52. The fraction of sp³-hybridized carbons (Fsp3) is 0.464. The number of ether oxygens (including phenoxy) is 2. The first-order valence-electron chi connectivity index (χ1n) is 12.4. The van der Waals surface area contributed by atoms with Gasteiger partial charge in [0.25, 0.3) is 0 Å². The van der Waals surface area contributed by atoms with E-state index in [-0.39, 0.29) is 29.9 Å². The number of hydrogen-bond donors (Lipinski definition) is 1. The van der Waals surface area contributed by atoms with E-state index in [9.17, 15) is 13.6 Å². The van der Waals surface area contributed by atoms with Gasteiger partial charge in [-0.05, 0) is 42.7 Å². The van der Waals surface area contributed by atoms with Crippen LogP contribution in [0.1, 0.15) is 46.3 Å². The predicted octanol–water partition coefficient (Wildman–Crippen LogP) is 6.02. The number of hydrogen-bond acceptors (Lipinski definition) is 3. The number of quaternary nitrogens is 1. The molecular formula is C28H35F3N3O3+. The lowest BCUT2D eigenvalue weighted by molar-refractivity contribution is -0.870. The van der Waals surface area contributed by atoms with Crippen LogP contribution < -0.4 is 14.8 Å². The van der Waals surface area contributed by atoms with Crippen molar-refractivity contribution in [3.8, 4) is 11.5 Å². The molecule has 0 saturated heterocycles. The van der Waals surface area contributed by atoms with Crippen molar-refractivity contribution in [1.29, 1.82) is 0 Å². The first-order chi connectivity index (χ1) is 17.1. The number of alkyl halides is 2. The lowest BCUT2D eigenvalue weighted by Gasteiger charge is -2.27. The molecule has 5 rings (SSSR count). The third kappa shape index (κ3) is 4.77. The fourth-order valence-electron chi connectivity index (χ4n) is 4.90. The van der Waals surface area contributed by atoms with Gasteiger partial charge in [-0.25, -0.2) is 4.39 Å². The van der Waals surface area contributed by atoms with Crippen molar-refractivity contribution in [2.24, 2.45) is 0 Å². The van der Waals surface area contributed by atoms with Crippen LogP contribution in [0.3, 0.4) is 0 Å². The molecular weight excluding hydrogens is 483 g/mol. The van der Waals surface area contributed by atoms with Crippen LogP contribution in [-0.2, 0) is 22.2 Å². The number of benzene rings is 2. The Morgan fingerprint density at radius 1 is 1.08 bits per heavy atom. The van der Waals surface area contributed by atoms with E-state index in [4.69, 9.17) is 0 Å². The van der Waals surface area contributed by atoms with Gasteiger partial charge in [0.15, 0.2) is 11.5 Å². The van der Waals surface area contributed by atoms with Crippen molar-refractivity contribution < 1.29 is 33.3 Å². The molecule has 1 fully saturated rings. The highest BCUT2D eigenvalue weighted by Gasteiger charge is 2.53. The minimum atomic E-state index is -3.73. The Bertz CT molecular complexity index is 1400. The Balaban J connectivity index is 0.00000336. The van der Waals surface area contributed by atoms with Crippen LogP contribution in [0.2, 0.25) is 0 Å². The molecule has 2 heterocycles. The van der Waals surface area contributed by atoms with Gasteiger partial charge in [0.1, 0.15) is 5.82 Å². The average molecular weight is 519 g/mol. The molecule has 3 aromatic rings.